The molecule has 1 saturated heterocycles. The first kappa shape index (κ1) is 16.4. The van der Waals surface area contributed by atoms with Crippen LogP contribution in [0.15, 0.2) is 36.2 Å². The van der Waals surface area contributed by atoms with Gasteiger partial charge in [0.25, 0.3) is 0 Å². The molecule has 4 atom stereocenters. The van der Waals surface area contributed by atoms with Crippen LogP contribution in [0, 0.1) is 17.8 Å². The minimum atomic E-state index is -0.125. The van der Waals surface area contributed by atoms with Crippen molar-refractivity contribution in [1.29, 1.82) is 0 Å². The van der Waals surface area contributed by atoms with E-state index in [0.717, 1.165) is 31.6 Å². The maximum atomic E-state index is 13.9. The van der Waals surface area contributed by atoms with Crippen LogP contribution in [0.25, 0.3) is 0 Å². The minimum absolute atomic E-state index is 0.0681. The van der Waals surface area contributed by atoms with Crippen molar-refractivity contribution in [2.45, 2.75) is 19.4 Å². The van der Waals surface area contributed by atoms with Gasteiger partial charge in [0, 0.05) is 38.7 Å². The van der Waals surface area contributed by atoms with E-state index in [4.69, 9.17) is 10.5 Å². The van der Waals surface area contributed by atoms with Gasteiger partial charge in [0.2, 0.25) is 0 Å². The summed E-state index contributed by atoms with van der Waals surface area (Å²) in [6.45, 7) is 9.25. The fourth-order valence-corrected chi connectivity index (χ4v) is 3.57. The van der Waals surface area contributed by atoms with E-state index in [2.05, 4.69) is 18.4 Å². The topological polar surface area (TPSA) is 38.5 Å². The van der Waals surface area contributed by atoms with Gasteiger partial charge in [-0.2, -0.15) is 0 Å². The SMILES string of the molecule is C=CCC1C(C2CN(CCOC)CC2N)=CC(F)=CC1C. The molecule has 1 heterocycles. The molecular formula is C17H27FN2O. The lowest BCUT2D eigenvalue weighted by Gasteiger charge is -2.32. The Bertz CT molecular complexity index is 433. The van der Waals surface area contributed by atoms with Crippen molar-refractivity contribution in [1.82, 2.24) is 4.90 Å². The molecule has 0 spiro atoms. The summed E-state index contributed by atoms with van der Waals surface area (Å²) < 4.78 is 19.0. The molecule has 0 aromatic heterocycles. The molecule has 0 amide bonds. The number of hydrogen-bond donors (Lipinski definition) is 1. The summed E-state index contributed by atoms with van der Waals surface area (Å²) in [5, 5.41) is 0. The molecule has 21 heavy (non-hydrogen) atoms. The second-order valence-corrected chi connectivity index (χ2v) is 6.21. The van der Waals surface area contributed by atoms with Crippen molar-refractivity contribution >= 4 is 0 Å². The second kappa shape index (κ2) is 7.34. The number of rotatable bonds is 6. The largest absolute Gasteiger partial charge is 0.383 e. The average Bonchev–Trinajstić information content (AvgIpc) is 2.80. The van der Waals surface area contributed by atoms with E-state index in [-0.39, 0.29) is 23.7 Å². The van der Waals surface area contributed by atoms with Crippen LogP contribution in [0.5, 0.6) is 0 Å². The van der Waals surface area contributed by atoms with Gasteiger partial charge in [0.15, 0.2) is 0 Å². The van der Waals surface area contributed by atoms with Gasteiger partial charge in [-0.15, -0.1) is 6.58 Å². The highest BCUT2D eigenvalue weighted by Crippen LogP contribution is 2.39. The Morgan fingerprint density at radius 2 is 2.29 bits per heavy atom. The molecule has 2 rings (SSSR count). The van der Waals surface area contributed by atoms with Crippen molar-refractivity contribution in [2.24, 2.45) is 23.5 Å². The van der Waals surface area contributed by atoms with Crippen molar-refractivity contribution in [3.63, 3.8) is 0 Å². The fraction of sp³-hybridized carbons (Fsp3) is 0.647. The molecule has 0 radical (unpaired) electrons. The van der Waals surface area contributed by atoms with Crippen molar-refractivity contribution in [3.8, 4) is 0 Å². The number of ether oxygens (including phenoxy) is 1. The molecule has 3 nitrogen and oxygen atoms in total. The highest BCUT2D eigenvalue weighted by atomic mass is 19.1. The Balaban J connectivity index is 2.14. The first-order valence-electron chi connectivity index (χ1n) is 7.73. The molecule has 0 aromatic carbocycles. The third-order valence-electron chi connectivity index (χ3n) is 4.69. The van der Waals surface area contributed by atoms with Gasteiger partial charge in [-0.05, 0) is 30.4 Å². The molecule has 118 valence electrons. The predicted octanol–water partition coefficient (Wildman–Crippen LogP) is 2.51. The van der Waals surface area contributed by atoms with Gasteiger partial charge in [-0.25, -0.2) is 4.39 Å². The standard InChI is InChI=1S/C17H27FN2O/c1-4-5-14-12(2)8-13(18)9-15(14)16-10-20(6-7-21-3)11-17(16)19/h4,8-9,12,14,16-17H,1,5-7,10-11,19H2,2-3H3. The maximum Gasteiger partial charge on any atom is 0.119 e. The normalized spacial score (nSPS) is 33.7. The maximum absolute atomic E-state index is 13.9. The first-order chi connectivity index (χ1) is 10.1. The Labute approximate surface area is 127 Å². The predicted molar refractivity (Wildman–Crippen MR) is 84.5 cm³/mol. The number of nitrogens with two attached hydrogens (primary N) is 1. The lowest BCUT2D eigenvalue weighted by Crippen LogP contribution is -2.34. The van der Waals surface area contributed by atoms with E-state index in [1.54, 1.807) is 19.3 Å². The number of halogens is 1. The Kier molecular flexibility index (Phi) is 5.73. The van der Waals surface area contributed by atoms with E-state index in [1.807, 2.05) is 6.08 Å². The summed E-state index contributed by atoms with van der Waals surface area (Å²) in [5.41, 5.74) is 7.49. The second-order valence-electron chi connectivity index (χ2n) is 6.21. The number of hydrogen-bond acceptors (Lipinski definition) is 3. The van der Waals surface area contributed by atoms with Crippen molar-refractivity contribution < 1.29 is 9.13 Å². The first-order valence-corrected chi connectivity index (χ1v) is 7.73. The van der Waals surface area contributed by atoms with E-state index in [0.29, 0.717) is 12.5 Å². The molecule has 4 unspecified atom stereocenters. The van der Waals surface area contributed by atoms with Gasteiger partial charge < -0.3 is 10.5 Å². The molecular weight excluding hydrogens is 267 g/mol. The van der Waals surface area contributed by atoms with Gasteiger partial charge >= 0.3 is 0 Å². The molecule has 1 aliphatic heterocycles. The summed E-state index contributed by atoms with van der Waals surface area (Å²) in [4.78, 5) is 2.31. The van der Waals surface area contributed by atoms with E-state index in [9.17, 15) is 4.39 Å². The van der Waals surface area contributed by atoms with E-state index < -0.39 is 0 Å². The summed E-state index contributed by atoms with van der Waals surface area (Å²) in [6.07, 6.45) is 6.21. The number of likely N-dealkylation sites (tertiary alicyclic amines) is 1. The third-order valence-corrected chi connectivity index (χ3v) is 4.69. The zero-order valence-corrected chi connectivity index (χ0v) is 13.1. The summed E-state index contributed by atoms with van der Waals surface area (Å²) in [5.74, 6) is 0.623. The van der Waals surface area contributed by atoms with Gasteiger partial charge in [0.05, 0.1) is 6.61 Å². The van der Waals surface area contributed by atoms with E-state index >= 15 is 0 Å². The summed E-state index contributed by atoms with van der Waals surface area (Å²) in [7, 11) is 1.71. The molecule has 1 aliphatic carbocycles. The molecule has 1 fully saturated rings. The highest BCUT2D eigenvalue weighted by molar-refractivity contribution is 5.31. The van der Waals surface area contributed by atoms with Gasteiger partial charge in [-0.1, -0.05) is 18.6 Å². The average molecular weight is 294 g/mol. The van der Waals surface area contributed by atoms with Crippen molar-refractivity contribution in [3.05, 3.63) is 36.2 Å². The minimum Gasteiger partial charge on any atom is -0.383 e. The number of methoxy groups -OCH3 is 1. The van der Waals surface area contributed by atoms with Crippen molar-refractivity contribution in [2.75, 3.05) is 33.4 Å². The quantitative estimate of drug-likeness (QED) is 0.765. The Morgan fingerprint density at radius 3 is 2.95 bits per heavy atom. The van der Waals surface area contributed by atoms with Crippen LogP contribution in [0.4, 0.5) is 4.39 Å². The van der Waals surface area contributed by atoms with Crippen LogP contribution in [0.3, 0.4) is 0 Å². The summed E-state index contributed by atoms with van der Waals surface area (Å²) in [6, 6.07) is 0.0681. The summed E-state index contributed by atoms with van der Waals surface area (Å²) >= 11 is 0. The molecule has 2 N–H and O–H groups in total. The van der Waals surface area contributed by atoms with Crippen LogP contribution in [-0.2, 0) is 4.74 Å². The highest BCUT2D eigenvalue weighted by Gasteiger charge is 2.37. The van der Waals surface area contributed by atoms with E-state index in [1.165, 1.54) is 0 Å². The number of allylic oxidation sites excluding steroid dienone is 4. The zero-order valence-electron chi connectivity index (χ0n) is 13.1. The van der Waals surface area contributed by atoms with Gasteiger partial charge in [-0.3, -0.25) is 4.90 Å². The smallest absolute Gasteiger partial charge is 0.119 e. The molecule has 2 aliphatic rings. The van der Waals surface area contributed by atoms with Crippen LogP contribution in [0.1, 0.15) is 13.3 Å². The molecule has 0 saturated carbocycles. The van der Waals surface area contributed by atoms with Crippen LogP contribution < -0.4 is 5.73 Å². The third kappa shape index (κ3) is 3.82. The lowest BCUT2D eigenvalue weighted by atomic mass is 9.74. The molecule has 0 bridgehead atoms. The fourth-order valence-electron chi connectivity index (χ4n) is 3.57. The van der Waals surface area contributed by atoms with Crippen LogP contribution in [0.2, 0.25) is 0 Å². The van der Waals surface area contributed by atoms with Crippen LogP contribution in [-0.4, -0.2) is 44.3 Å². The zero-order chi connectivity index (χ0) is 15.4. The molecule has 0 aromatic rings. The Morgan fingerprint density at radius 1 is 1.52 bits per heavy atom. The van der Waals surface area contributed by atoms with Crippen LogP contribution >= 0.6 is 0 Å². The monoisotopic (exact) mass is 294 g/mol. The molecule has 4 heteroatoms. The van der Waals surface area contributed by atoms with Gasteiger partial charge in [0.1, 0.15) is 5.83 Å². The lowest BCUT2D eigenvalue weighted by molar-refractivity contribution is 0.159. The Hall–Kier alpha value is -0.970. The number of nitrogens with zero attached hydrogens (tertiary/aromatic N) is 1.